The molecule has 0 spiro atoms. The van der Waals surface area contributed by atoms with Crippen molar-refractivity contribution in [1.29, 1.82) is 0 Å². The minimum atomic E-state index is 0.522. The molecule has 0 rings (SSSR count). The Labute approximate surface area is 74.3 Å². The number of hydrogen-bond acceptors (Lipinski definition) is 3. The molecule has 1 unspecified atom stereocenters. The van der Waals surface area contributed by atoms with Crippen molar-refractivity contribution < 1.29 is 4.74 Å². The Hall–Kier alpha value is -0.150. The van der Waals surface area contributed by atoms with E-state index in [0.717, 1.165) is 17.9 Å². The third kappa shape index (κ3) is 6.26. The van der Waals surface area contributed by atoms with Crippen LogP contribution in [0.4, 0.5) is 0 Å². The van der Waals surface area contributed by atoms with E-state index in [-0.39, 0.29) is 0 Å². The lowest BCUT2D eigenvalue weighted by Crippen LogP contribution is -2.22. The highest BCUT2D eigenvalue weighted by molar-refractivity contribution is 7.80. The zero-order valence-electron chi connectivity index (χ0n) is 7.52. The first kappa shape index (κ1) is 10.8. The van der Waals surface area contributed by atoms with Crippen molar-refractivity contribution in [3.8, 4) is 0 Å². The Morgan fingerprint density at radius 3 is 2.73 bits per heavy atom. The third-order valence-electron chi connectivity index (χ3n) is 1.58. The maximum absolute atomic E-state index is 5.14. The van der Waals surface area contributed by atoms with E-state index in [2.05, 4.69) is 12.2 Å². The number of hydrogen-bond donors (Lipinski definition) is 1. The summed E-state index contributed by atoms with van der Waals surface area (Å²) in [6.45, 7) is 4.77. The smallest absolute Gasteiger partial charge is 0.159 e. The first-order valence-corrected chi connectivity index (χ1v) is 4.44. The van der Waals surface area contributed by atoms with Gasteiger partial charge in [-0.15, -0.1) is 0 Å². The van der Waals surface area contributed by atoms with Crippen LogP contribution in [0.1, 0.15) is 26.7 Å². The van der Waals surface area contributed by atoms with Crippen LogP contribution in [0.2, 0.25) is 0 Å². The minimum absolute atomic E-state index is 0.522. The molecule has 1 atom stereocenters. The highest BCUT2D eigenvalue weighted by Gasteiger charge is 2.00. The van der Waals surface area contributed by atoms with Gasteiger partial charge >= 0.3 is 0 Å². The Morgan fingerprint density at radius 2 is 2.27 bits per heavy atom. The summed E-state index contributed by atoms with van der Waals surface area (Å²) in [5.74, 6) is 0. The average Bonchev–Trinajstić information content (AvgIpc) is 2.01. The summed E-state index contributed by atoms with van der Waals surface area (Å²) in [6, 6.07) is 0.522. The molecule has 2 nitrogen and oxygen atoms in total. The van der Waals surface area contributed by atoms with E-state index < -0.39 is 0 Å². The van der Waals surface area contributed by atoms with Crippen LogP contribution in [0.15, 0.2) is 0 Å². The van der Waals surface area contributed by atoms with E-state index >= 15 is 0 Å². The minimum Gasteiger partial charge on any atom is -0.487 e. The van der Waals surface area contributed by atoms with Gasteiger partial charge in [-0.25, -0.2) is 0 Å². The molecule has 66 valence electrons. The predicted molar refractivity (Wildman–Crippen MR) is 52.0 cm³/mol. The van der Waals surface area contributed by atoms with Gasteiger partial charge in [0.15, 0.2) is 5.05 Å². The molecule has 0 saturated carbocycles. The monoisotopic (exact) mass is 175 g/mol. The Morgan fingerprint density at radius 1 is 1.64 bits per heavy atom. The fourth-order valence-corrected chi connectivity index (χ4v) is 0.948. The highest BCUT2D eigenvalue weighted by Crippen LogP contribution is 1.99. The fraction of sp³-hybridized carbons (Fsp3) is 0.875. The summed E-state index contributed by atoms with van der Waals surface area (Å²) in [5, 5.41) is 3.88. The van der Waals surface area contributed by atoms with Crippen LogP contribution in [0.5, 0.6) is 0 Å². The molecule has 0 aromatic heterocycles. The van der Waals surface area contributed by atoms with Crippen molar-refractivity contribution in [3.05, 3.63) is 0 Å². The lowest BCUT2D eigenvalue weighted by atomic mass is 10.2. The number of thiocarbonyl (C=S) groups is 1. The van der Waals surface area contributed by atoms with Crippen molar-refractivity contribution in [1.82, 2.24) is 5.32 Å². The fourth-order valence-electron chi connectivity index (χ4n) is 0.712. The molecular weight excluding hydrogens is 158 g/mol. The van der Waals surface area contributed by atoms with E-state index in [9.17, 15) is 0 Å². The molecule has 0 saturated heterocycles. The summed E-state index contributed by atoms with van der Waals surface area (Å²) in [6.07, 6.45) is 1.93. The van der Waals surface area contributed by atoms with E-state index in [1.165, 1.54) is 0 Å². The summed E-state index contributed by atoms with van der Waals surface area (Å²) >= 11 is 4.97. The van der Waals surface area contributed by atoms with Crippen molar-refractivity contribution >= 4 is 17.3 Å². The lowest BCUT2D eigenvalue weighted by molar-refractivity contribution is 0.324. The van der Waals surface area contributed by atoms with E-state index in [4.69, 9.17) is 17.0 Å². The van der Waals surface area contributed by atoms with Crippen LogP contribution in [0.3, 0.4) is 0 Å². The predicted octanol–water partition coefficient (Wildman–Crippen LogP) is 1.74. The number of nitrogens with one attached hydrogen (secondary N) is 1. The van der Waals surface area contributed by atoms with Crippen LogP contribution in [-0.2, 0) is 4.74 Å². The van der Waals surface area contributed by atoms with Gasteiger partial charge in [0.05, 0.1) is 6.61 Å². The Kier molecular flexibility index (Phi) is 6.46. The number of rotatable bonds is 5. The van der Waals surface area contributed by atoms with E-state index in [0.29, 0.717) is 12.6 Å². The van der Waals surface area contributed by atoms with Gasteiger partial charge in [0.1, 0.15) is 0 Å². The molecule has 0 bridgehead atoms. The average molecular weight is 175 g/mol. The molecule has 0 aromatic rings. The van der Waals surface area contributed by atoms with Crippen molar-refractivity contribution in [2.45, 2.75) is 32.7 Å². The maximum atomic E-state index is 5.14. The van der Waals surface area contributed by atoms with Gasteiger partial charge in [0, 0.05) is 12.5 Å². The van der Waals surface area contributed by atoms with Crippen LogP contribution >= 0.6 is 12.2 Å². The number of ether oxygens (including phenoxy) is 1. The second-order valence-corrected chi connectivity index (χ2v) is 2.99. The molecule has 0 heterocycles. The standard InChI is InChI=1S/C8H17NOS/c1-4-10-8(11)6-5-7(2)9-3/h7,9H,4-6H2,1-3H3. The van der Waals surface area contributed by atoms with Crippen molar-refractivity contribution in [2.24, 2.45) is 0 Å². The van der Waals surface area contributed by atoms with Gasteiger partial charge in [0.25, 0.3) is 0 Å². The van der Waals surface area contributed by atoms with Crippen molar-refractivity contribution in [2.75, 3.05) is 13.7 Å². The van der Waals surface area contributed by atoms with Gasteiger partial charge in [0.2, 0.25) is 0 Å². The molecule has 0 aliphatic carbocycles. The topological polar surface area (TPSA) is 21.3 Å². The van der Waals surface area contributed by atoms with Gasteiger partial charge in [-0.2, -0.15) is 0 Å². The zero-order chi connectivity index (χ0) is 8.69. The first-order valence-electron chi connectivity index (χ1n) is 4.03. The van der Waals surface area contributed by atoms with E-state index in [1.807, 2.05) is 14.0 Å². The summed E-state index contributed by atoms with van der Waals surface area (Å²) in [4.78, 5) is 0. The van der Waals surface area contributed by atoms with Gasteiger partial charge in [-0.05, 0) is 39.5 Å². The van der Waals surface area contributed by atoms with E-state index in [1.54, 1.807) is 0 Å². The highest BCUT2D eigenvalue weighted by atomic mass is 32.1. The second-order valence-electron chi connectivity index (χ2n) is 2.53. The van der Waals surface area contributed by atoms with Gasteiger partial charge < -0.3 is 10.1 Å². The summed E-state index contributed by atoms with van der Waals surface area (Å²) in [7, 11) is 1.95. The summed E-state index contributed by atoms with van der Waals surface area (Å²) in [5.41, 5.74) is 0. The lowest BCUT2D eigenvalue weighted by Gasteiger charge is -2.09. The molecule has 1 N–H and O–H groups in total. The molecule has 11 heavy (non-hydrogen) atoms. The van der Waals surface area contributed by atoms with Crippen LogP contribution in [0, 0.1) is 0 Å². The van der Waals surface area contributed by atoms with Crippen LogP contribution in [-0.4, -0.2) is 24.7 Å². The largest absolute Gasteiger partial charge is 0.487 e. The molecule has 0 fully saturated rings. The molecule has 3 heteroatoms. The van der Waals surface area contributed by atoms with Crippen LogP contribution < -0.4 is 5.32 Å². The Bertz CT molecular complexity index is 117. The molecule has 0 aromatic carbocycles. The molecule has 0 radical (unpaired) electrons. The van der Waals surface area contributed by atoms with Gasteiger partial charge in [-0.1, -0.05) is 0 Å². The van der Waals surface area contributed by atoms with Crippen molar-refractivity contribution in [3.63, 3.8) is 0 Å². The SMILES string of the molecule is CCOC(=S)CCC(C)NC. The summed E-state index contributed by atoms with van der Waals surface area (Å²) < 4.78 is 5.14. The van der Waals surface area contributed by atoms with Crippen LogP contribution in [0.25, 0.3) is 0 Å². The Balaban J connectivity index is 3.30. The normalized spacial score (nSPS) is 12.6. The second kappa shape index (κ2) is 6.55. The first-order chi connectivity index (χ1) is 5.20. The molecule has 0 aliphatic rings. The quantitative estimate of drug-likeness (QED) is 0.643. The van der Waals surface area contributed by atoms with Gasteiger partial charge in [-0.3, -0.25) is 0 Å². The zero-order valence-corrected chi connectivity index (χ0v) is 8.33. The molecule has 0 aliphatic heterocycles. The maximum Gasteiger partial charge on any atom is 0.159 e. The third-order valence-corrected chi connectivity index (χ3v) is 1.90. The molecular formula is C8H17NOS. The molecule has 0 amide bonds.